The second kappa shape index (κ2) is 12.7. The maximum Gasteiger partial charge on any atom is 0.416 e. The predicted octanol–water partition coefficient (Wildman–Crippen LogP) is 10.2. The van der Waals surface area contributed by atoms with Gasteiger partial charge in [-0.25, -0.2) is 4.79 Å². The van der Waals surface area contributed by atoms with Crippen molar-refractivity contribution in [1.29, 1.82) is 0 Å². The second-order valence-electron chi connectivity index (χ2n) is 10.8. The first-order valence-corrected chi connectivity index (χ1v) is 14.4. The molecule has 0 heterocycles. The van der Waals surface area contributed by atoms with Crippen LogP contribution in [-0.4, -0.2) is 17.9 Å². The van der Waals surface area contributed by atoms with Crippen LogP contribution in [0.3, 0.4) is 0 Å². The van der Waals surface area contributed by atoms with Gasteiger partial charge in [0.15, 0.2) is 5.78 Å². The van der Waals surface area contributed by atoms with Gasteiger partial charge in [-0.15, -0.1) is 0 Å². The number of carbonyl (C=O) groups excluding carboxylic acids is 2. The number of rotatable bonds is 8. The number of ether oxygens (including phenoxy) is 1. The Balaban J connectivity index is 1.26. The van der Waals surface area contributed by atoms with E-state index in [0.717, 1.165) is 57.5 Å². The van der Waals surface area contributed by atoms with Crippen molar-refractivity contribution in [3.8, 4) is 33.4 Å². The van der Waals surface area contributed by atoms with Crippen LogP contribution in [0.1, 0.15) is 57.7 Å². The van der Waals surface area contributed by atoms with Gasteiger partial charge in [0.2, 0.25) is 0 Å². The summed E-state index contributed by atoms with van der Waals surface area (Å²) in [4.78, 5) is 25.3. The molecule has 44 heavy (non-hydrogen) atoms. The number of aryl methyl sites for hydroxylation is 1. The van der Waals surface area contributed by atoms with E-state index in [9.17, 15) is 22.8 Å². The van der Waals surface area contributed by atoms with Gasteiger partial charge >= 0.3 is 12.1 Å². The molecule has 1 atom stereocenters. The molecule has 0 aromatic heterocycles. The van der Waals surface area contributed by atoms with Gasteiger partial charge in [0.05, 0.1) is 17.2 Å². The molecule has 0 aliphatic heterocycles. The SMILES string of the molecule is CCC(C)OC(=O)c1ccc(C(=O)c2ccc(-c3ccc(-c4ccc(-c5ccc(C(F)(F)F)cc5)c(C)c4)cc3)cc2)cc1. The van der Waals surface area contributed by atoms with E-state index < -0.39 is 17.7 Å². The molecule has 0 radical (unpaired) electrons. The average Bonchev–Trinajstić information content (AvgIpc) is 3.04. The summed E-state index contributed by atoms with van der Waals surface area (Å²) < 4.78 is 44.1. The summed E-state index contributed by atoms with van der Waals surface area (Å²) in [6.45, 7) is 5.73. The highest BCUT2D eigenvalue weighted by Gasteiger charge is 2.30. The highest BCUT2D eigenvalue weighted by atomic mass is 19.4. The molecule has 222 valence electrons. The van der Waals surface area contributed by atoms with Crippen LogP contribution in [-0.2, 0) is 10.9 Å². The quantitative estimate of drug-likeness (QED) is 0.133. The van der Waals surface area contributed by atoms with Crippen molar-refractivity contribution in [2.45, 2.75) is 39.5 Å². The van der Waals surface area contributed by atoms with Crippen LogP contribution >= 0.6 is 0 Å². The fraction of sp³-hybridized carbons (Fsp3) is 0.158. The molecule has 6 heteroatoms. The summed E-state index contributed by atoms with van der Waals surface area (Å²) in [6.07, 6.45) is -3.80. The molecule has 1 unspecified atom stereocenters. The molecule has 0 aliphatic carbocycles. The molecule has 0 saturated carbocycles. The van der Waals surface area contributed by atoms with Crippen LogP contribution in [0.4, 0.5) is 13.2 Å². The molecule has 0 bridgehead atoms. The van der Waals surface area contributed by atoms with Crippen LogP contribution in [0.5, 0.6) is 0 Å². The van der Waals surface area contributed by atoms with Crippen LogP contribution in [0.2, 0.25) is 0 Å². The van der Waals surface area contributed by atoms with Crippen molar-refractivity contribution in [1.82, 2.24) is 0 Å². The molecular weight excluding hydrogens is 561 g/mol. The lowest BCUT2D eigenvalue weighted by Gasteiger charge is -2.12. The van der Waals surface area contributed by atoms with Crippen LogP contribution in [0.15, 0.2) is 115 Å². The maximum absolute atomic E-state index is 13.0. The minimum atomic E-state index is -4.36. The fourth-order valence-corrected chi connectivity index (χ4v) is 4.93. The van der Waals surface area contributed by atoms with E-state index in [2.05, 4.69) is 0 Å². The molecule has 5 rings (SSSR count). The van der Waals surface area contributed by atoms with Gasteiger partial charge < -0.3 is 4.74 Å². The monoisotopic (exact) mass is 592 g/mol. The van der Waals surface area contributed by atoms with E-state index >= 15 is 0 Å². The van der Waals surface area contributed by atoms with Gasteiger partial charge in [-0.1, -0.05) is 97.9 Å². The first kappa shape index (κ1) is 30.5. The van der Waals surface area contributed by atoms with Crippen molar-refractivity contribution in [3.63, 3.8) is 0 Å². The van der Waals surface area contributed by atoms with Crippen molar-refractivity contribution >= 4 is 11.8 Å². The third-order valence-corrected chi connectivity index (χ3v) is 7.71. The normalized spacial score (nSPS) is 12.0. The van der Waals surface area contributed by atoms with Gasteiger partial charge in [-0.3, -0.25) is 4.79 Å². The lowest BCUT2D eigenvalue weighted by atomic mass is 9.94. The minimum absolute atomic E-state index is 0.135. The Morgan fingerprint density at radius 2 is 1.07 bits per heavy atom. The highest BCUT2D eigenvalue weighted by Crippen LogP contribution is 2.33. The number of hydrogen-bond donors (Lipinski definition) is 0. The first-order valence-electron chi connectivity index (χ1n) is 14.4. The van der Waals surface area contributed by atoms with Gasteiger partial charge in [0, 0.05) is 11.1 Å². The van der Waals surface area contributed by atoms with Gasteiger partial charge in [-0.2, -0.15) is 13.2 Å². The zero-order valence-corrected chi connectivity index (χ0v) is 24.6. The molecular formula is C38H31F3O3. The maximum atomic E-state index is 13.0. The van der Waals surface area contributed by atoms with E-state index in [1.165, 1.54) is 12.1 Å². The first-order chi connectivity index (χ1) is 21.0. The zero-order valence-electron chi connectivity index (χ0n) is 24.6. The Bertz CT molecular complexity index is 1770. The summed E-state index contributed by atoms with van der Waals surface area (Å²) in [6, 6.07) is 33.1. The summed E-state index contributed by atoms with van der Waals surface area (Å²) in [5.74, 6) is -0.539. The summed E-state index contributed by atoms with van der Waals surface area (Å²) in [7, 11) is 0. The van der Waals surface area contributed by atoms with Crippen molar-refractivity contribution in [2.75, 3.05) is 0 Å². The van der Waals surface area contributed by atoms with Crippen molar-refractivity contribution < 1.29 is 27.5 Å². The van der Waals surface area contributed by atoms with Crippen LogP contribution in [0.25, 0.3) is 33.4 Å². The number of hydrogen-bond acceptors (Lipinski definition) is 3. The minimum Gasteiger partial charge on any atom is -0.459 e. The van der Waals surface area contributed by atoms with E-state index in [1.54, 1.807) is 36.4 Å². The number of benzene rings is 5. The smallest absolute Gasteiger partial charge is 0.416 e. The van der Waals surface area contributed by atoms with E-state index in [-0.39, 0.29) is 11.9 Å². The standard InChI is InChI=1S/C38H31F3O3/c1-4-25(3)44-37(43)32-15-13-31(14-16-32)36(42)30-11-9-27(10-12-30)26-5-7-28(8-6-26)33-19-22-35(24(2)23-33)29-17-20-34(21-18-29)38(39,40)41/h5-23,25H,4H2,1-3H3. The Morgan fingerprint density at radius 3 is 1.57 bits per heavy atom. The fourth-order valence-electron chi connectivity index (χ4n) is 4.93. The Hall–Kier alpha value is -4.97. The number of ketones is 1. The number of esters is 1. The molecule has 0 spiro atoms. The summed E-state index contributed by atoms with van der Waals surface area (Å²) in [5.41, 5.74) is 7.34. The topological polar surface area (TPSA) is 43.4 Å². The van der Waals surface area contributed by atoms with Gasteiger partial charge in [0.25, 0.3) is 0 Å². The number of carbonyl (C=O) groups is 2. The lowest BCUT2D eigenvalue weighted by molar-refractivity contribution is -0.137. The van der Waals surface area contributed by atoms with Crippen molar-refractivity contribution in [3.05, 3.63) is 143 Å². The number of halogens is 3. The molecule has 0 amide bonds. The molecule has 5 aromatic carbocycles. The van der Waals surface area contributed by atoms with Crippen LogP contribution < -0.4 is 0 Å². The second-order valence-corrected chi connectivity index (χ2v) is 10.8. The average molecular weight is 593 g/mol. The predicted molar refractivity (Wildman–Crippen MR) is 168 cm³/mol. The zero-order chi connectivity index (χ0) is 31.4. The molecule has 0 aliphatic rings. The summed E-state index contributed by atoms with van der Waals surface area (Å²) in [5, 5.41) is 0. The largest absolute Gasteiger partial charge is 0.459 e. The Kier molecular flexibility index (Phi) is 8.81. The third kappa shape index (κ3) is 6.81. The highest BCUT2D eigenvalue weighted by molar-refractivity contribution is 6.09. The van der Waals surface area contributed by atoms with E-state index in [1.807, 2.05) is 75.4 Å². The third-order valence-electron chi connectivity index (χ3n) is 7.71. The Labute approximate surface area is 255 Å². The molecule has 0 N–H and O–H groups in total. The summed E-state index contributed by atoms with van der Waals surface area (Å²) >= 11 is 0. The Morgan fingerprint density at radius 1 is 0.636 bits per heavy atom. The number of alkyl halides is 3. The van der Waals surface area contributed by atoms with E-state index in [4.69, 9.17) is 4.74 Å². The van der Waals surface area contributed by atoms with E-state index in [0.29, 0.717) is 16.7 Å². The molecule has 0 saturated heterocycles. The van der Waals surface area contributed by atoms with Crippen molar-refractivity contribution in [2.24, 2.45) is 0 Å². The van der Waals surface area contributed by atoms with Crippen LogP contribution in [0, 0.1) is 6.92 Å². The lowest BCUT2D eigenvalue weighted by Crippen LogP contribution is -2.14. The van der Waals surface area contributed by atoms with Gasteiger partial charge in [-0.05, 0) is 83.5 Å². The molecule has 5 aromatic rings. The molecule has 3 nitrogen and oxygen atoms in total. The molecule has 0 fully saturated rings. The van der Waals surface area contributed by atoms with Gasteiger partial charge in [0.1, 0.15) is 0 Å².